The van der Waals surface area contributed by atoms with Gasteiger partial charge in [-0.1, -0.05) is 24.3 Å². The van der Waals surface area contributed by atoms with Gasteiger partial charge in [0.2, 0.25) is 0 Å². The SMILES string of the molecule is O=C(O)c1ccc(CSc2ccc(-c3nc4ccccc4[nH]3)cn2)cc1. The number of nitrogens with zero attached hydrogens (tertiary/aromatic N) is 2. The molecular formula is C20H15N3O2S. The van der Waals surface area contributed by atoms with Crippen LogP contribution in [-0.4, -0.2) is 26.0 Å². The molecule has 0 radical (unpaired) electrons. The Labute approximate surface area is 154 Å². The lowest BCUT2D eigenvalue weighted by atomic mass is 10.1. The number of hydrogen-bond donors (Lipinski definition) is 2. The maximum Gasteiger partial charge on any atom is 0.335 e. The van der Waals surface area contributed by atoms with Crippen molar-refractivity contribution in [2.24, 2.45) is 0 Å². The van der Waals surface area contributed by atoms with Crippen LogP contribution in [-0.2, 0) is 5.75 Å². The van der Waals surface area contributed by atoms with Crippen LogP contribution in [0, 0.1) is 0 Å². The number of thioether (sulfide) groups is 1. The van der Waals surface area contributed by atoms with Gasteiger partial charge in [-0.3, -0.25) is 0 Å². The predicted octanol–water partition coefficient (Wildman–Crippen LogP) is 4.62. The molecule has 0 unspecified atom stereocenters. The molecule has 2 N–H and O–H groups in total. The number of hydrogen-bond acceptors (Lipinski definition) is 4. The Kier molecular flexibility index (Phi) is 4.41. The van der Waals surface area contributed by atoms with E-state index in [1.54, 1.807) is 23.9 Å². The fourth-order valence-corrected chi connectivity index (χ4v) is 3.39. The fourth-order valence-electron chi connectivity index (χ4n) is 2.60. The van der Waals surface area contributed by atoms with Crippen molar-refractivity contribution in [1.29, 1.82) is 0 Å². The first-order valence-corrected chi connectivity index (χ1v) is 9.04. The number of rotatable bonds is 5. The molecule has 5 nitrogen and oxygen atoms in total. The number of fused-ring (bicyclic) bond motifs is 1. The van der Waals surface area contributed by atoms with Crippen LogP contribution in [0.1, 0.15) is 15.9 Å². The summed E-state index contributed by atoms with van der Waals surface area (Å²) in [4.78, 5) is 23.2. The van der Waals surface area contributed by atoms with Crippen molar-refractivity contribution < 1.29 is 9.90 Å². The van der Waals surface area contributed by atoms with E-state index in [4.69, 9.17) is 5.11 Å². The van der Waals surface area contributed by atoms with E-state index in [0.717, 1.165) is 38.8 Å². The number of H-pyrrole nitrogens is 1. The van der Waals surface area contributed by atoms with Gasteiger partial charge in [0.05, 0.1) is 21.6 Å². The number of carboxylic acids is 1. The Balaban J connectivity index is 1.45. The van der Waals surface area contributed by atoms with Crippen molar-refractivity contribution in [3.05, 3.63) is 78.0 Å². The van der Waals surface area contributed by atoms with Crippen LogP contribution in [0.25, 0.3) is 22.4 Å². The maximum atomic E-state index is 10.9. The molecule has 2 heterocycles. The minimum Gasteiger partial charge on any atom is -0.478 e. The summed E-state index contributed by atoms with van der Waals surface area (Å²) >= 11 is 1.61. The number of benzene rings is 2. The van der Waals surface area contributed by atoms with Crippen molar-refractivity contribution in [1.82, 2.24) is 15.0 Å². The summed E-state index contributed by atoms with van der Waals surface area (Å²) in [7, 11) is 0. The van der Waals surface area contributed by atoms with Gasteiger partial charge in [-0.2, -0.15) is 0 Å². The second kappa shape index (κ2) is 7.01. The van der Waals surface area contributed by atoms with Crippen LogP contribution < -0.4 is 0 Å². The lowest BCUT2D eigenvalue weighted by Crippen LogP contribution is -1.95. The van der Waals surface area contributed by atoms with Crippen molar-refractivity contribution >= 4 is 28.8 Å². The molecule has 4 rings (SSSR count). The normalized spacial score (nSPS) is 10.9. The van der Waals surface area contributed by atoms with E-state index in [0.29, 0.717) is 5.56 Å². The second-order valence-corrected chi connectivity index (χ2v) is 6.77. The van der Waals surface area contributed by atoms with Gasteiger partial charge in [0.15, 0.2) is 0 Å². The van der Waals surface area contributed by atoms with Crippen molar-refractivity contribution in [2.45, 2.75) is 10.8 Å². The van der Waals surface area contributed by atoms with Gasteiger partial charge in [-0.15, -0.1) is 11.8 Å². The van der Waals surface area contributed by atoms with Gasteiger partial charge >= 0.3 is 5.97 Å². The highest BCUT2D eigenvalue weighted by Crippen LogP contribution is 2.24. The first kappa shape index (κ1) is 16.4. The smallest absolute Gasteiger partial charge is 0.335 e. The summed E-state index contributed by atoms with van der Waals surface area (Å²) in [5.74, 6) is 0.628. The second-order valence-electron chi connectivity index (χ2n) is 5.78. The van der Waals surface area contributed by atoms with Crippen LogP contribution in [0.5, 0.6) is 0 Å². The average Bonchev–Trinajstić information content (AvgIpc) is 3.11. The summed E-state index contributed by atoms with van der Waals surface area (Å²) in [6.07, 6.45) is 1.81. The molecule has 2 aromatic heterocycles. The number of imidazole rings is 1. The molecule has 0 amide bonds. The van der Waals surface area contributed by atoms with Crippen molar-refractivity contribution in [3.63, 3.8) is 0 Å². The molecule has 4 aromatic rings. The highest BCUT2D eigenvalue weighted by atomic mass is 32.2. The number of nitrogens with one attached hydrogen (secondary N) is 1. The third-order valence-electron chi connectivity index (χ3n) is 3.99. The number of pyridine rings is 1. The minimum atomic E-state index is -0.910. The summed E-state index contributed by atoms with van der Waals surface area (Å²) in [5.41, 5.74) is 4.24. The molecule has 0 atom stereocenters. The van der Waals surface area contributed by atoms with Crippen LogP contribution in [0.15, 0.2) is 71.9 Å². The number of aromatic nitrogens is 3. The number of para-hydroxylation sites is 2. The van der Waals surface area contributed by atoms with Crippen LogP contribution in [0.4, 0.5) is 0 Å². The topological polar surface area (TPSA) is 78.9 Å². The van der Waals surface area contributed by atoms with E-state index in [2.05, 4.69) is 15.0 Å². The highest BCUT2D eigenvalue weighted by Gasteiger charge is 2.06. The van der Waals surface area contributed by atoms with E-state index in [9.17, 15) is 4.79 Å². The molecule has 6 heteroatoms. The van der Waals surface area contributed by atoms with E-state index in [1.807, 2.05) is 54.7 Å². The van der Waals surface area contributed by atoms with Crippen molar-refractivity contribution in [3.8, 4) is 11.4 Å². The Hall–Kier alpha value is -3.12. The van der Waals surface area contributed by atoms with Gasteiger partial charge in [0.1, 0.15) is 5.82 Å². The van der Waals surface area contributed by atoms with E-state index in [-0.39, 0.29) is 0 Å². The van der Waals surface area contributed by atoms with Gasteiger partial charge in [-0.05, 0) is 42.0 Å². The van der Waals surface area contributed by atoms with E-state index >= 15 is 0 Å². The predicted molar refractivity (Wildman–Crippen MR) is 102 cm³/mol. The molecule has 0 aliphatic rings. The van der Waals surface area contributed by atoms with Gasteiger partial charge < -0.3 is 10.1 Å². The summed E-state index contributed by atoms with van der Waals surface area (Å²) < 4.78 is 0. The molecule has 0 saturated carbocycles. The van der Waals surface area contributed by atoms with E-state index < -0.39 is 5.97 Å². The van der Waals surface area contributed by atoms with E-state index in [1.165, 1.54) is 0 Å². The quantitative estimate of drug-likeness (QED) is 0.507. The highest BCUT2D eigenvalue weighted by molar-refractivity contribution is 7.98. The van der Waals surface area contributed by atoms with Gasteiger partial charge in [0, 0.05) is 17.5 Å². The van der Waals surface area contributed by atoms with Crippen LogP contribution in [0.2, 0.25) is 0 Å². The summed E-state index contributed by atoms with van der Waals surface area (Å²) in [5, 5.41) is 9.84. The third-order valence-corrected chi connectivity index (χ3v) is 5.00. The average molecular weight is 361 g/mol. The molecule has 0 saturated heterocycles. The zero-order valence-electron chi connectivity index (χ0n) is 13.7. The first-order chi connectivity index (χ1) is 12.7. The molecular weight excluding hydrogens is 346 g/mol. The van der Waals surface area contributed by atoms with Crippen molar-refractivity contribution in [2.75, 3.05) is 0 Å². The Morgan fingerprint density at radius 2 is 1.85 bits per heavy atom. The molecule has 128 valence electrons. The monoisotopic (exact) mass is 361 g/mol. The standard InChI is InChI=1S/C20H15N3O2S/c24-20(25)14-7-5-13(6-8-14)12-26-18-10-9-15(11-21-18)19-22-16-3-1-2-4-17(16)23-19/h1-11H,12H2,(H,22,23)(H,24,25). The fraction of sp³-hybridized carbons (Fsp3) is 0.0500. The molecule has 0 aliphatic heterocycles. The summed E-state index contributed by atoms with van der Waals surface area (Å²) in [6.45, 7) is 0. The molecule has 0 aliphatic carbocycles. The first-order valence-electron chi connectivity index (χ1n) is 8.05. The van der Waals surface area contributed by atoms with Crippen LogP contribution >= 0.6 is 11.8 Å². The van der Waals surface area contributed by atoms with Gasteiger partial charge in [-0.25, -0.2) is 14.8 Å². The molecule has 0 bridgehead atoms. The lowest BCUT2D eigenvalue weighted by molar-refractivity contribution is 0.0697. The summed E-state index contributed by atoms with van der Waals surface area (Å²) in [6, 6.07) is 18.8. The zero-order valence-corrected chi connectivity index (χ0v) is 14.5. The van der Waals surface area contributed by atoms with Crippen LogP contribution in [0.3, 0.4) is 0 Å². The Morgan fingerprint density at radius 3 is 2.54 bits per heavy atom. The van der Waals surface area contributed by atoms with Gasteiger partial charge in [0.25, 0.3) is 0 Å². The molecule has 0 spiro atoms. The Morgan fingerprint density at radius 1 is 1.04 bits per heavy atom. The minimum absolute atomic E-state index is 0.298. The lowest BCUT2D eigenvalue weighted by Gasteiger charge is -2.03. The zero-order chi connectivity index (χ0) is 17.9. The number of aromatic amines is 1. The third kappa shape index (κ3) is 3.45. The number of aromatic carboxylic acids is 1. The Bertz CT molecular complexity index is 1020. The number of carboxylic acid groups (broad SMARTS) is 1. The molecule has 0 fully saturated rings. The largest absolute Gasteiger partial charge is 0.478 e. The molecule has 26 heavy (non-hydrogen) atoms. The maximum absolute atomic E-state index is 10.9. The number of carbonyl (C=O) groups is 1. The molecule has 2 aromatic carbocycles.